The van der Waals surface area contributed by atoms with Gasteiger partial charge in [0.15, 0.2) is 6.20 Å². The molecule has 84 valence electrons. The summed E-state index contributed by atoms with van der Waals surface area (Å²) in [6.07, 6.45) is 5.43. The van der Waals surface area contributed by atoms with E-state index in [-0.39, 0.29) is 5.69 Å². The number of nitro groups is 1. The van der Waals surface area contributed by atoms with Crippen LogP contribution in [-0.2, 0) is 0 Å². The molecular formula is C11H8N4O2. The summed E-state index contributed by atoms with van der Waals surface area (Å²) in [5, 5.41) is 14.7. The SMILES string of the molecule is O=[N+]([O-])c1ccc(-c2c[n-][n+]3cccn23)cc1. The van der Waals surface area contributed by atoms with Gasteiger partial charge in [-0.05, 0) is 30.1 Å². The summed E-state index contributed by atoms with van der Waals surface area (Å²) in [6, 6.07) is 8.29. The summed E-state index contributed by atoms with van der Waals surface area (Å²) in [6.45, 7) is 0. The zero-order chi connectivity index (χ0) is 11.8. The Balaban J connectivity index is 2.10. The average molecular weight is 228 g/mol. The predicted octanol–water partition coefficient (Wildman–Crippen LogP) is 1.06. The highest BCUT2D eigenvalue weighted by Crippen LogP contribution is 2.20. The molecule has 17 heavy (non-hydrogen) atoms. The van der Waals surface area contributed by atoms with E-state index in [0.717, 1.165) is 11.3 Å². The van der Waals surface area contributed by atoms with E-state index in [1.54, 1.807) is 23.0 Å². The van der Waals surface area contributed by atoms with Crippen molar-refractivity contribution in [3.63, 3.8) is 0 Å². The molecule has 3 aromatic rings. The summed E-state index contributed by atoms with van der Waals surface area (Å²) < 4.78 is 3.55. The minimum absolute atomic E-state index is 0.0877. The number of hydrogen-bond donors (Lipinski definition) is 0. The highest BCUT2D eigenvalue weighted by atomic mass is 16.6. The molecule has 2 aromatic heterocycles. The van der Waals surface area contributed by atoms with Crippen molar-refractivity contribution in [2.75, 3.05) is 0 Å². The Kier molecular flexibility index (Phi) is 1.94. The van der Waals surface area contributed by atoms with E-state index < -0.39 is 4.92 Å². The molecule has 0 aliphatic rings. The van der Waals surface area contributed by atoms with E-state index in [4.69, 9.17) is 0 Å². The van der Waals surface area contributed by atoms with Gasteiger partial charge in [-0.15, -0.1) is 4.63 Å². The molecule has 0 spiro atoms. The Morgan fingerprint density at radius 2 is 2.06 bits per heavy atom. The molecule has 0 radical (unpaired) electrons. The number of nitrogens with zero attached hydrogens (tertiary/aromatic N) is 4. The Morgan fingerprint density at radius 1 is 1.29 bits per heavy atom. The first kappa shape index (κ1) is 9.59. The second-order valence-corrected chi connectivity index (χ2v) is 3.59. The van der Waals surface area contributed by atoms with Crippen LogP contribution in [0.3, 0.4) is 0 Å². The molecule has 0 aliphatic carbocycles. The molecule has 6 nitrogen and oxygen atoms in total. The van der Waals surface area contributed by atoms with Crippen LogP contribution in [0.2, 0.25) is 0 Å². The lowest BCUT2D eigenvalue weighted by molar-refractivity contribution is -0.676. The second kappa shape index (κ2) is 3.44. The van der Waals surface area contributed by atoms with Gasteiger partial charge in [-0.25, -0.2) is 4.52 Å². The molecule has 0 atom stereocenters. The van der Waals surface area contributed by atoms with Gasteiger partial charge in [0, 0.05) is 23.9 Å². The van der Waals surface area contributed by atoms with Crippen LogP contribution in [0.5, 0.6) is 0 Å². The number of nitro benzene ring substituents is 1. The van der Waals surface area contributed by atoms with E-state index in [1.807, 2.05) is 23.0 Å². The summed E-state index contributed by atoms with van der Waals surface area (Å²) in [7, 11) is 0. The smallest absolute Gasteiger partial charge is 0.258 e. The normalized spacial score (nSPS) is 10.8. The van der Waals surface area contributed by atoms with Crippen LogP contribution in [0.4, 0.5) is 5.69 Å². The molecule has 0 amide bonds. The summed E-state index contributed by atoms with van der Waals surface area (Å²) >= 11 is 0. The van der Waals surface area contributed by atoms with Gasteiger partial charge in [-0.3, -0.25) is 10.1 Å². The third kappa shape index (κ3) is 1.46. The van der Waals surface area contributed by atoms with Gasteiger partial charge in [-0.2, -0.15) is 5.10 Å². The third-order valence-electron chi connectivity index (χ3n) is 2.59. The first-order valence-corrected chi connectivity index (χ1v) is 5.01. The number of rotatable bonds is 2. The lowest BCUT2D eigenvalue weighted by Crippen LogP contribution is -2.28. The van der Waals surface area contributed by atoms with Crippen molar-refractivity contribution < 1.29 is 9.55 Å². The number of aromatic nitrogens is 3. The highest BCUT2D eigenvalue weighted by molar-refractivity contribution is 5.59. The monoisotopic (exact) mass is 228 g/mol. The van der Waals surface area contributed by atoms with Crippen molar-refractivity contribution in [1.29, 1.82) is 0 Å². The minimum Gasteiger partial charge on any atom is -0.258 e. The summed E-state index contributed by atoms with van der Waals surface area (Å²) in [5.74, 6) is 0. The van der Waals surface area contributed by atoms with E-state index in [9.17, 15) is 10.1 Å². The summed E-state index contributed by atoms with van der Waals surface area (Å²) in [5.41, 5.74) is 1.87. The standard InChI is InChI=1S/C11H8N4O2/c16-15(17)10-4-2-9(3-5-10)11-8-12-14-7-1-6-13(11)14/h1-8H. The Bertz CT molecular complexity index is 681. The van der Waals surface area contributed by atoms with Gasteiger partial charge in [0.1, 0.15) is 0 Å². The molecule has 1 aromatic carbocycles. The fraction of sp³-hybridized carbons (Fsp3) is 0. The number of fused-ring (bicyclic) bond motifs is 1. The Labute approximate surface area is 95.9 Å². The Morgan fingerprint density at radius 3 is 2.76 bits per heavy atom. The van der Waals surface area contributed by atoms with E-state index in [2.05, 4.69) is 5.10 Å². The number of hydrogen-bond acceptors (Lipinski definition) is 2. The van der Waals surface area contributed by atoms with Crippen LogP contribution in [0.15, 0.2) is 48.9 Å². The Hall–Kier alpha value is -2.63. The van der Waals surface area contributed by atoms with Gasteiger partial charge in [0.2, 0.25) is 0 Å². The molecule has 2 heterocycles. The molecular weight excluding hydrogens is 220 g/mol. The van der Waals surface area contributed by atoms with Crippen molar-refractivity contribution in [2.24, 2.45) is 0 Å². The van der Waals surface area contributed by atoms with Crippen molar-refractivity contribution in [2.45, 2.75) is 0 Å². The minimum atomic E-state index is -0.410. The molecule has 3 rings (SSSR count). The first-order chi connectivity index (χ1) is 8.25. The molecule has 0 N–H and O–H groups in total. The van der Waals surface area contributed by atoms with Crippen LogP contribution >= 0.6 is 0 Å². The predicted molar refractivity (Wildman–Crippen MR) is 58.5 cm³/mol. The maximum absolute atomic E-state index is 10.6. The molecule has 0 saturated carbocycles. The van der Waals surface area contributed by atoms with Gasteiger partial charge in [0.25, 0.3) is 5.69 Å². The number of non-ortho nitro benzene ring substituents is 1. The van der Waals surface area contributed by atoms with Crippen molar-refractivity contribution in [1.82, 2.24) is 9.61 Å². The molecule has 0 saturated heterocycles. The third-order valence-corrected chi connectivity index (χ3v) is 2.59. The van der Waals surface area contributed by atoms with Crippen LogP contribution in [-0.4, -0.2) is 9.44 Å². The van der Waals surface area contributed by atoms with Gasteiger partial charge in [0.05, 0.1) is 4.92 Å². The van der Waals surface area contributed by atoms with Gasteiger partial charge >= 0.3 is 0 Å². The fourth-order valence-corrected chi connectivity index (χ4v) is 1.76. The zero-order valence-corrected chi connectivity index (χ0v) is 8.72. The highest BCUT2D eigenvalue weighted by Gasteiger charge is 2.07. The van der Waals surface area contributed by atoms with Crippen LogP contribution in [0.25, 0.3) is 11.3 Å². The molecule has 0 fully saturated rings. The quantitative estimate of drug-likeness (QED) is 0.374. The maximum Gasteiger partial charge on any atom is 0.269 e. The van der Waals surface area contributed by atoms with E-state index in [0.29, 0.717) is 0 Å². The van der Waals surface area contributed by atoms with Crippen LogP contribution in [0, 0.1) is 10.1 Å². The maximum atomic E-state index is 10.6. The van der Waals surface area contributed by atoms with Gasteiger partial charge in [-0.1, -0.05) is 0 Å². The molecule has 6 heteroatoms. The lowest BCUT2D eigenvalue weighted by Gasteiger charge is -2.00. The first-order valence-electron chi connectivity index (χ1n) is 5.01. The zero-order valence-electron chi connectivity index (χ0n) is 8.72. The van der Waals surface area contributed by atoms with Crippen molar-refractivity contribution >= 4 is 5.69 Å². The topological polar surface area (TPSA) is 65.8 Å². The molecule has 0 aliphatic heterocycles. The average Bonchev–Trinajstić information content (AvgIpc) is 2.90. The van der Waals surface area contributed by atoms with Crippen LogP contribution in [0.1, 0.15) is 0 Å². The van der Waals surface area contributed by atoms with Crippen molar-refractivity contribution in [3.8, 4) is 11.3 Å². The number of benzene rings is 1. The lowest BCUT2D eigenvalue weighted by atomic mass is 10.1. The van der Waals surface area contributed by atoms with Gasteiger partial charge < -0.3 is 0 Å². The summed E-state index contributed by atoms with van der Waals surface area (Å²) in [4.78, 5) is 10.1. The van der Waals surface area contributed by atoms with Crippen LogP contribution < -0.4 is 9.73 Å². The fourth-order valence-electron chi connectivity index (χ4n) is 1.76. The van der Waals surface area contributed by atoms with E-state index in [1.165, 1.54) is 12.1 Å². The molecule has 0 bridgehead atoms. The van der Waals surface area contributed by atoms with E-state index >= 15 is 0 Å². The molecule has 0 unspecified atom stereocenters. The largest absolute Gasteiger partial charge is 0.269 e. The van der Waals surface area contributed by atoms with Crippen molar-refractivity contribution in [3.05, 3.63) is 59.0 Å². The second-order valence-electron chi connectivity index (χ2n) is 3.59.